The summed E-state index contributed by atoms with van der Waals surface area (Å²) in [6, 6.07) is 12.3. The average molecular weight is 324 g/mol. The number of ketones is 1. The molecular weight excluding hydrogens is 304 g/mol. The van der Waals surface area contributed by atoms with Gasteiger partial charge in [-0.2, -0.15) is 0 Å². The molecule has 0 atom stereocenters. The Morgan fingerprint density at radius 3 is 2.33 bits per heavy atom. The third-order valence-corrected chi connectivity index (χ3v) is 4.31. The van der Waals surface area contributed by atoms with Gasteiger partial charge in [-0.25, -0.2) is 4.79 Å². The van der Waals surface area contributed by atoms with E-state index in [2.05, 4.69) is 5.32 Å². The maximum atomic E-state index is 13.1. The van der Waals surface area contributed by atoms with Crippen LogP contribution in [0.5, 0.6) is 0 Å². The number of carbonyl (C=O) groups is 2. The van der Waals surface area contributed by atoms with Gasteiger partial charge in [0.25, 0.3) is 0 Å². The Morgan fingerprint density at radius 2 is 1.71 bits per heavy atom. The van der Waals surface area contributed by atoms with Crippen LogP contribution in [0.1, 0.15) is 31.8 Å². The van der Waals surface area contributed by atoms with E-state index in [1.54, 1.807) is 24.3 Å². The van der Waals surface area contributed by atoms with Gasteiger partial charge in [-0.3, -0.25) is 4.79 Å². The fourth-order valence-electron chi connectivity index (χ4n) is 3.10. The summed E-state index contributed by atoms with van der Waals surface area (Å²) >= 11 is 0. The SMILES string of the molecule is Cc1ccc(C(=O)O)c(N2CCNCC2)c1C(=O)c1ccccc1. The number of nitrogens with one attached hydrogen (secondary N) is 1. The van der Waals surface area contributed by atoms with Gasteiger partial charge in [0.2, 0.25) is 0 Å². The molecule has 0 spiro atoms. The maximum absolute atomic E-state index is 13.1. The molecule has 1 heterocycles. The van der Waals surface area contributed by atoms with Gasteiger partial charge in [0.15, 0.2) is 5.78 Å². The number of carboxylic acids is 1. The molecule has 0 aromatic heterocycles. The van der Waals surface area contributed by atoms with E-state index in [9.17, 15) is 14.7 Å². The Morgan fingerprint density at radius 1 is 1.04 bits per heavy atom. The number of rotatable bonds is 4. The standard InChI is InChI=1S/C19H20N2O3/c1-13-7-8-15(19(23)24)17(21-11-9-20-10-12-21)16(13)18(22)14-5-3-2-4-6-14/h2-8,20H,9-12H2,1H3,(H,23,24). The summed E-state index contributed by atoms with van der Waals surface area (Å²) in [6.45, 7) is 4.75. The van der Waals surface area contributed by atoms with Crippen molar-refractivity contribution in [1.29, 1.82) is 0 Å². The van der Waals surface area contributed by atoms with Gasteiger partial charge >= 0.3 is 5.97 Å². The summed E-state index contributed by atoms with van der Waals surface area (Å²) in [5, 5.41) is 12.9. The predicted molar refractivity (Wildman–Crippen MR) is 93.1 cm³/mol. The zero-order chi connectivity index (χ0) is 17.1. The lowest BCUT2D eigenvalue weighted by Crippen LogP contribution is -2.44. The first-order valence-electron chi connectivity index (χ1n) is 8.02. The Hall–Kier alpha value is -2.66. The van der Waals surface area contributed by atoms with Gasteiger partial charge in [-0.15, -0.1) is 0 Å². The Balaban J connectivity index is 2.18. The predicted octanol–water partition coefficient (Wildman–Crippen LogP) is 2.33. The van der Waals surface area contributed by atoms with Crippen LogP contribution in [0.4, 0.5) is 5.69 Å². The van der Waals surface area contributed by atoms with E-state index in [1.807, 2.05) is 30.0 Å². The zero-order valence-corrected chi connectivity index (χ0v) is 13.6. The molecule has 24 heavy (non-hydrogen) atoms. The minimum Gasteiger partial charge on any atom is -0.478 e. The van der Waals surface area contributed by atoms with Gasteiger partial charge in [-0.1, -0.05) is 36.4 Å². The second kappa shape index (κ2) is 6.84. The number of benzene rings is 2. The van der Waals surface area contributed by atoms with Crippen LogP contribution in [0.25, 0.3) is 0 Å². The molecule has 1 aliphatic heterocycles. The maximum Gasteiger partial charge on any atom is 0.337 e. The monoisotopic (exact) mass is 324 g/mol. The van der Waals surface area contributed by atoms with E-state index < -0.39 is 5.97 Å². The lowest BCUT2D eigenvalue weighted by Gasteiger charge is -2.32. The fraction of sp³-hybridized carbons (Fsp3) is 0.263. The lowest BCUT2D eigenvalue weighted by atomic mass is 9.93. The molecule has 0 bridgehead atoms. The third kappa shape index (κ3) is 3.03. The number of anilines is 1. The first kappa shape index (κ1) is 16.2. The van der Waals surface area contributed by atoms with E-state index in [0.29, 0.717) is 29.9 Å². The summed E-state index contributed by atoms with van der Waals surface area (Å²) in [6.07, 6.45) is 0. The van der Waals surface area contributed by atoms with Crippen molar-refractivity contribution >= 4 is 17.4 Å². The Kier molecular flexibility index (Phi) is 4.62. The number of nitrogens with zero attached hydrogens (tertiary/aromatic N) is 1. The molecule has 1 aliphatic rings. The highest BCUT2D eigenvalue weighted by Gasteiger charge is 2.26. The Labute approximate surface area is 140 Å². The van der Waals surface area contributed by atoms with Gasteiger partial charge in [0.1, 0.15) is 0 Å². The minimum atomic E-state index is -1.01. The van der Waals surface area contributed by atoms with Crippen LogP contribution in [0.3, 0.4) is 0 Å². The van der Waals surface area contributed by atoms with E-state index in [1.165, 1.54) is 0 Å². The molecule has 0 radical (unpaired) electrons. The smallest absolute Gasteiger partial charge is 0.337 e. The van der Waals surface area contributed by atoms with Crippen molar-refractivity contribution in [2.75, 3.05) is 31.1 Å². The molecule has 0 amide bonds. The number of carboxylic acid groups (broad SMARTS) is 1. The molecule has 1 fully saturated rings. The highest BCUT2D eigenvalue weighted by Crippen LogP contribution is 2.31. The van der Waals surface area contributed by atoms with Crippen LogP contribution in [0, 0.1) is 6.92 Å². The van der Waals surface area contributed by atoms with Crippen molar-refractivity contribution in [3.05, 3.63) is 64.7 Å². The van der Waals surface area contributed by atoms with Crippen molar-refractivity contribution in [2.45, 2.75) is 6.92 Å². The molecule has 0 aliphatic carbocycles. The lowest BCUT2D eigenvalue weighted by molar-refractivity contribution is 0.0697. The highest BCUT2D eigenvalue weighted by atomic mass is 16.4. The summed E-state index contributed by atoms with van der Waals surface area (Å²) in [7, 11) is 0. The van der Waals surface area contributed by atoms with Gasteiger partial charge in [0.05, 0.1) is 11.3 Å². The van der Waals surface area contributed by atoms with E-state index in [0.717, 1.165) is 18.7 Å². The van der Waals surface area contributed by atoms with Crippen LogP contribution >= 0.6 is 0 Å². The normalized spacial score (nSPS) is 14.5. The van der Waals surface area contributed by atoms with E-state index in [4.69, 9.17) is 0 Å². The number of hydrogen-bond donors (Lipinski definition) is 2. The number of aryl methyl sites for hydroxylation is 1. The van der Waals surface area contributed by atoms with Gasteiger partial charge in [-0.05, 0) is 18.6 Å². The van der Waals surface area contributed by atoms with Gasteiger partial charge < -0.3 is 15.3 Å². The molecule has 124 valence electrons. The summed E-state index contributed by atoms with van der Waals surface area (Å²) in [4.78, 5) is 26.8. The van der Waals surface area contributed by atoms with E-state index in [-0.39, 0.29) is 11.3 Å². The highest BCUT2D eigenvalue weighted by molar-refractivity contribution is 6.15. The average Bonchev–Trinajstić information content (AvgIpc) is 2.62. The summed E-state index contributed by atoms with van der Waals surface area (Å²) in [5.74, 6) is -1.14. The second-order valence-electron chi connectivity index (χ2n) is 5.89. The quantitative estimate of drug-likeness (QED) is 0.845. The van der Waals surface area contributed by atoms with Crippen LogP contribution < -0.4 is 10.2 Å². The number of aromatic carboxylic acids is 1. The number of carbonyl (C=O) groups excluding carboxylic acids is 1. The summed E-state index contributed by atoms with van der Waals surface area (Å²) < 4.78 is 0. The molecule has 0 saturated carbocycles. The largest absolute Gasteiger partial charge is 0.478 e. The topological polar surface area (TPSA) is 69.6 Å². The van der Waals surface area contributed by atoms with Crippen molar-refractivity contribution in [3.8, 4) is 0 Å². The van der Waals surface area contributed by atoms with Crippen molar-refractivity contribution < 1.29 is 14.7 Å². The van der Waals surface area contributed by atoms with Crippen LogP contribution in [-0.4, -0.2) is 43.0 Å². The number of hydrogen-bond acceptors (Lipinski definition) is 4. The molecule has 0 unspecified atom stereocenters. The molecule has 5 nitrogen and oxygen atoms in total. The third-order valence-electron chi connectivity index (χ3n) is 4.31. The minimum absolute atomic E-state index is 0.135. The van der Waals surface area contributed by atoms with Crippen molar-refractivity contribution in [3.63, 3.8) is 0 Å². The molecule has 1 saturated heterocycles. The molecule has 3 rings (SSSR count). The first-order valence-corrected chi connectivity index (χ1v) is 8.02. The molecule has 2 aromatic carbocycles. The van der Waals surface area contributed by atoms with Crippen LogP contribution in [0.2, 0.25) is 0 Å². The molecule has 5 heteroatoms. The molecule has 2 aromatic rings. The van der Waals surface area contributed by atoms with Crippen LogP contribution in [0.15, 0.2) is 42.5 Å². The van der Waals surface area contributed by atoms with Gasteiger partial charge in [0, 0.05) is 37.3 Å². The summed E-state index contributed by atoms with van der Waals surface area (Å²) in [5.41, 5.74) is 2.57. The molecular formula is C19H20N2O3. The first-order chi connectivity index (χ1) is 11.6. The van der Waals surface area contributed by atoms with Crippen LogP contribution in [-0.2, 0) is 0 Å². The molecule has 2 N–H and O–H groups in total. The van der Waals surface area contributed by atoms with Crippen molar-refractivity contribution in [1.82, 2.24) is 5.32 Å². The fourth-order valence-corrected chi connectivity index (χ4v) is 3.10. The zero-order valence-electron chi connectivity index (χ0n) is 13.6. The van der Waals surface area contributed by atoms with E-state index >= 15 is 0 Å². The second-order valence-corrected chi connectivity index (χ2v) is 5.89. The number of piperazine rings is 1. The van der Waals surface area contributed by atoms with Crippen molar-refractivity contribution in [2.24, 2.45) is 0 Å². The Bertz CT molecular complexity index is 766.